The van der Waals surface area contributed by atoms with Crippen molar-refractivity contribution in [2.24, 2.45) is 0 Å². The molecule has 2 saturated heterocycles. The lowest BCUT2D eigenvalue weighted by atomic mass is 10.0. The lowest BCUT2D eigenvalue weighted by Crippen LogP contribution is -2.47. The second-order valence-electron chi connectivity index (χ2n) is 6.12. The second-order valence-corrected chi connectivity index (χ2v) is 7.04. The van der Waals surface area contributed by atoms with Gasteiger partial charge in [-0.1, -0.05) is 15.9 Å². The zero-order valence-corrected chi connectivity index (χ0v) is 15.0. The molecule has 0 aliphatic carbocycles. The average molecular weight is 383 g/mol. The monoisotopic (exact) mass is 382 g/mol. The summed E-state index contributed by atoms with van der Waals surface area (Å²) >= 11 is 3.46. The number of carbonyl (C=O) groups is 1. The molecular weight excluding hydrogens is 360 g/mol. The molecule has 1 N–H and O–H groups in total. The molecule has 1 aromatic rings. The SMILES string of the molecule is Cc1cc(Br)ccc1NCCC(=O)N1CCC2(CC1)OCCO2. The first-order chi connectivity index (χ1) is 11.1. The smallest absolute Gasteiger partial charge is 0.224 e. The number of halogens is 1. The van der Waals surface area contributed by atoms with E-state index >= 15 is 0 Å². The number of aryl methyl sites for hydroxylation is 1. The van der Waals surface area contributed by atoms with Gasteiger partial charge in [-0.25, -0.2) is 0 Å². The van der Waals surface area contributed by atoms with E-state index in [0.717, 1.165) is 36.1 Å². The maximum atomic E-state index is 12.3. The van der Waals surface area contributed by atoms with Gasteiger partial charge in [-0.05, 0) is 30.7 Å². The Morgan fingerprint density at radius 2 is 2.00 bits per heavy atom. The minimum Gasteiger partial charge on any atom is -0.384 e. The summed E-state index contributed by atoms with van der Waals surface area (Å²) in [4.78, 5) is 14.3. The number of nitrogens with one attached hydrogen (secondary N) is 1. The standard InChI is InChI=1S/C17H23BrN2O3/c1-13-12-14(18)2-3-15(13)19-7-4-16(21)20-8-5-17(6-9-20)22-10-11-23-17/h2-3,12,19H,4-11H2,1H3. The van der Waals surface area contributed by atoms with Crippen LogP contribution in [0.15, 0.2) is 22.7 Å². The van der Waals surface area contributed by atoms with Crippen LogP contribution in [0.5, 0.6) is 0 Å². The molecule has 3 rings (SSSR count). The highest BCUT2D eigenvalue weighted by Gasteiger charge is 2.40. The number of amides is 1. The van der Waals surface area contributed by atoms with Gasteiger partial charge in [0.15, 0.2) is 5.79 Å². The van der Waals surface area contributed by atoms with Gasteiger partial charge in [0.1, 0.15) is 0 Å². The van der Waals surface area contributed by atoms with Crippen LogP contribution >= 0.6 is 15.9 Å². The van der Waals surface area contributed by atoms with Crippen LogP contribution in [0.1, 0.15) is 24.8 Å². The van der Waals surface area contributed by atoms with Crippen LogP contribution in [0.2, 0.25) is 0 Å². The highest BCUT2D eigenvalue weighted by Crippen LogP contribution is 2.31. The topological polar surface area (TPSA) is 50.8 Å². The molecule has 2 heterocycles. The molecule has 126 valence electrons. The number of nitrogens with zero attached hydrogens (tertiary/aromatic N) is 1. The summed E-state index contributed by atoms with van der Waals surface area (Å²) in [5.74, 6) is -0.219. The van der Waals surface area contributed by atoms with Crippen LogP contribution in [0, 0.1) is 6.92 Å². The van der Waals surface area contributed by atoms with Crippen molar-refractivity contribution in [1.29, 1.82) is 0 Å². The van der Waals surface area contributed by atoms with Crippen LogP contribution in [-0.4, -0.2) is 49.4 Å². The lowest BCUT2D eigenvalue weighted by molar-refractivity contribution is -0.187. The zero-order valence-electron chi connectivity index (χ0n) is 13.4. The van der Waals surface area contributed by atoms with E-state index in [9.17, 15) is 4.79 Å². The van der Waals surface area contributed by atoms with Crippen molar-refractivity contribution in [2.75, 3.05) is 38.2 Å². The van der Waals surface area contributed by atoms with Crippen LogP contribution in [0.3, 0.4) is 0 Å². The summed E-state index contributed by atoms with van der Waals surface area (Å²) in [6.45, 7) is 5.48. The molecule has 23 heavy (non-hydrogen) atoms. The van der Waals surface area contributed by atoms with Gasteiger partial charge < -0.3 is 19.7 Å². The van der Waals surface area contributed by atoms with E-state index < -0.39 is 5.79 Å². The fourth-order valence-electron chi connectivity index (χ4n) is 3.17. The summed E-state index contributed by atoms with van der Waals surface area (Å²) in [5, 5.41) is 3.34. The van der Waals surface area contributed by atoms with E-state index in [1.54, 1.807) is 0 Å². The van der Waals surface area contributed by atoms with Gasteiger partial charge in [0.05, 0.1) is 13.2 Å². The van der Waals surface area contributed by atoms with Gasteiger partial charge in [0.25, 0.3) is 0 Å². The Labute approximate surface area is 145 Å². The number of hydrogen-bond acceptors (Lipinski definition) is 4. The summed E-state index contributed by atoms with van der Waals surface area (Å²) < 4.78 is 12.5. The first-order valence-electron chi connectivity index (χ1n) is 8.14. The molecule has 6 heteroatoms. The van der Waals surface area contributed by atoms with E-state index in [4.69, 9.17) is 9.47 Å². The third kappa shape index (κ3) is 4.05. The van der Waals surface area contributed by atoms with Crippen molar-refractivity contribution in [3.63, 3.8) is 0 Å². The van der Waals surface area contributed by atoms with Crippen molar-refractivity contribution in [1.82, 2.24) is 4.90 Å². The maximum absolute atomic E-state index is 12.3. The highest BCUT2D eigenvalue weighted by atomic mass is 79.9. The van der Waals surface area contributed by atoms with Gasteiger partial charge >= 0.3 is 0 Å². The number of carbonyl (C=O) groups excluding carboxylic acids is 1. The Hall–Kier alpha value is -1.11. The van der Waals surface area contributed by atoms with Gasteiger partial charge in [0.2, 0.25) is 5.91 Å². The van der Waals surface area contributed by atoms with Crippen LogP contribution in [-0.2, 0) is 14.3 Å². The number of rotatable bonds is 4. The average Bonchev–Trinajstić information content (AvgIpc) is 2.98. The van der Waals surface area contributed by atoms with E-state index in [0.29, 0.717) is 26.2 Å². The fourth-order valence-corrected chi connectivity index (χ4v) is 3.65. The number of ether oxygens (including phenoxy) is 2. The molecule has 1 aromatic carbocycles. The molecule has 0 unspecified atom stereocenters. The third-order valence-corrected chi connectivity index (χ3v) is 5.03. The van der Waals surface area contributed by atoms with Crippen molar-refractivity contribution in [3.8, 4) is 0 Å². The molecule has 2 aliphatic heterocycles. The Morgan fingerprint density at radius 3 is 2.65 bits per heavy atom. The molecule has 0 aromatic heterocycles. The summed E-state index contributed by atoms with van der Waals surface area (Å²) in [7, 11) is 0. The van der Waals surface area contributed by atoms with E-state index in [-0.39, 0.29) is 5.91 Å². The molecule has 2 fully saturated rings. The van der Waals surface area contributed by atoms with Crippen LogP contribution in [0.4, 0.5) is 5.69 Å². The normalized spacial score (nSPS) is 20.0. The molecule has 1 spiro atoms. The van der Waals surface area contributed by atoms with Crippen LogP contribution in [0.25, 0.3) is 0 Å². The Kier molecular flexibility index (Phi) is 5.24. The van der Waals surface area contributed by atoms with Crippen molar-refractivity contribution in [3.05, 3.63) is 28.2 Å². The molecule has 0 atom stereocenters. The Morgan fingerprint density at radius 1 is 1.30 bits per heavy atom. The number of hydrogen-bond donors (Lipinski definition) is 1. The van der Waals surface area contributed by atoms with E-state index in [1.807, 2.05) is 17.0 Å². The maximum Gasteiger partial charge on any atom is 0.224 e. The Bertz CT molecular complexity index is 563. The minimum atomic E-state index is -0.413. The lowest BCUT2D eigenvalue weighted by Gasteiger charge is -2.37. The van der Waals surface area contributed by atoms with Gasteiger partial charge in [-0.15, -0.1) is 0 Å². The third-order valence-electron chi connectivity index (χ3n) is 4.53. The number of benzene rings is 1. The highest BCUT2D eigenvalue weighted by molar-refractivity contribution is 9.10. The molecule has 5 nitrogen and oxygen atoms in total. The predicted molar refractivity (Wildman–Crippen MR) is 92.4 cm³/mol. The van der Waals surface area contributed by atoms with Crippen molar-refractivity contribution >= 4 is 27.5 Å². The molecular formula is C17H23BrN2O3. The molecule has 0 radical (unpaired) electrons. The quantitative estimate of drug-likeness (QED) is 0.869. The molecule has 1 amide bonds. The van der Waals surface area contributed by atoms with Gasteiger partial charge in [0, 0.05) is 49.1 Å². The first kappa shape index (κ1) is 16.7. The minimum absolute atomic E-state index is 0.195. The molecule has 0 saturated carbocycles. The molecule has 0 bridgehead atoms. The van der Waals surface area contributed by atoms with Gasteiger partial charge in [-0.3, -0.25) is 4.79 Å². The van der Waals surface area contributed by atoms with Crippen molar-refractivity contribution in [2.45, 2.75) is 32.0 Å². The second kappa shape index (κ2) is 7.20. The van der Waals surface area contributed by atoms with Gasteiger partial charge in [-0.2, -0.15) is 0 Å². The number of anilines is 1. The summed E-state index contributed by atoms with van der Waals surface area (Å²) in [6, 6.07) is 6.10. The summed E-state index contributed by atoms with van der Waals surface area (Å²) in [6.07, 6.45) is 2.06. The van der Waals surface area contributed by atoms with E-state index in [1.165, 1.54) is 5.56 Å². The summed E-state index contributed by atoms with van der Waals surface area (Å²) in [5.41, 5.74) is 2.24. The first-order valence-corrected chi connectivity index (χ1v) is 8.93. The predicted octanol–water partition coefficient (Wildman–Crippen LogP) is 2.93. The number of piperidine rings is 1. The van der Waals surface area contributed by atoms with Crippen LogP contribution < -0.4 is 5.32 Å². The Balaban J connectivity index is 1.43. The molecule has 2 aliphatic rings. The largest absolute Gasteiger partial charge is 0.384 e. The fraction of sp³-hybridized carbons (Fsp3) is 0.588. The van der Waals surface area contributed by atoms with Crippen molar-refractivity contribution < 1.29 is 14.3 Å². The zero-order chi connectivity index (χ0) is 16.3. The number of likely N-dealkylation sites (tertiary alicyclic amines) is 1. The van der Waals surface area contributed by atoms with E-state index in [2.05, 4.69) is 34.2 Å².